The Hall–Kier alpha value is -1.35. The predicted molar refractivity (Wildman–Crippen MR) is 90.0 cm³/mol. The number of carbonyl (C=O) groups is 1. The first-order chi connectivity index (χ1) is 10.8. The van der Waals surface area contributed by atoms with Crippen molar-refractivity contribution in [2.24, 2.45) is 0 Å². The Morgan fingerprint density at radius 2 is 1.68 bits per heavy atom. The lowest BCUT2D eigenvalue weighted by molar-refractivity contribution is 0.0579. The number of hydrogen-bond donors (Lipinski definition) is 0. The van der Waals surface area contributed by atoms with Crippen molar-refractivity contribution in [3.63, 3.8) is 0 Å². The molecule has 1 aromatic carbocycles. The lowest BCUT2D eigenvalue weighted by Crippen LogP contribution is -2.45. The van der Waals surface area contributed by atoms with Crippen LogP contribution in [-0.4, -0.2) is 47.9 Å². The summed E-state index contributed by atoms with van der Waals surface area (Å²) < 4.78 is 0. The fraction of sp³-hybridized carbons (Fsp3) is 0.632. The molecule has 0 unspecified atom stereocenters. The van der Waals surface area contributed by atoms with Gasteiger partial charge in [-0.1, -0.05) is 24.6 Å². The first-order valence-electron chi connectivity index (χ1n) is 8.93. The first kappa shape index (κ1) is 15.5. The highest BCUT2D eigenvalue weighted by molar-refractivity contribution is 5.94. The van der Waals surface area contributed by atoms with Crippen LogP contribution >= 0.6 is 0 Å². The third-order valence-electron chi connectivity index (χ3n) is 5.14. The maximum atomic E-state index is 12.8. The van der Waals surface area contributed by atoms with Gasteiger partial charge < -0.3 is 9.80 Å². The van der Waals surface area contributed by atoms with Crippen molar-refractivity contribution in [3.8, 4) is 0 Å². The summed E-state index contributed by atoms with van der Waals surface area (Å²) in [6, 6.07) is 10.2. The summed E-state index contributed by atoms with van der Waals surface area (Å²) in [4.78, 5) is 17.5. The summed E-state index contributed by atoms with van der Waals surface area (Å²) in [6.45, 7) is 4.58. The summed E-state index contributed by atoms with van der Waals surface area (Å²) in [7, 11) is 0. The van der Waals surface area contributed by atoms with Crippen molar-refractivity contribution < 1.29 is 4.79 Å². The second-order valence-corrected chi connectivity index (χ2v) is 6.71. The quantitative estimate of drug-likeness (QED) is 0.849. The molecule has 1 amide bonds. The van der Waals surface area contributed by atoms with E-state index in [1.54, 1.807) is 0 Å². The predicted octanol–water partition coefficient (Wildman–Crippen LogP) is 3.56. The molecule has 0 aromatic heterocycles. The number of rotatable bonds is 4. The smallest absolute Gasteiger partial charge is 0.254 e. The van der Waals surface area contributed by atoms with Gasteiger partial charge in [0.1, 0.15) is 0 Å². The largest absolute Gasteiger partial charge is 0.336 e. The highest BCUT2D eigenvalue weighted by Gasteiger charge is 2.27. The molecule has 1 aromatic rings. The summed E-state index contributed by atoms with van der Waals surface area (Å²) in [5, 5.41) is 0. The third kappa shape index (κ3) is 3.89. The van der Waals surface area contributed by atoms with Crippen LogP contribution in [0.2, 0.25) is 0 Å². The minimum Gasteiger partial charge on any atom is -0.336 e. The van der Waals surface area contributed by atoms with E-state index in [4.69, 9.17) is 0 Å². The van der Waals surface area contributed by atoms with E-state index < -0.39 is 0 Å². The molecule has 0 N–H and O–H groups in total. The van der Waals surface area contributed by atoms with Crippen LogP contribution in [0.5, 0.6) is 0 Å². The molecule has 0 spiro atoms. The highest BCUT2D eigenvalue weighted by atomic mass is 16.2. The van der Waals surface area contributed by atoms with Gasteiger partial charge in [-0.05, 0) is 63.7 Å². The van der Waals surface area contributed by atoms with Crippen molar-refractivity contribution in [1.29, 1.82) is 0 Å². The molecular formula is C19H28N2O. The fourth-order valence-corrected chi connectivity index (χ4v) is 3.83. The Morgan fingerprint density at radius 1 is 0.955 bits per heavy atom. The standard InChI is InChI=1S/C19H28N2O/c22-19(17-9-3-1-4-10-17)21-15-8-5-11-18(21)12-16-20-13-6-2-7-14-20/h1,3-4,9-10,18H,2,5-8,11-16H2/t18-/m0/s1. The zero-order chi connectivity index (χ0) is 15.2. The SMILES string of the molecule is O=C(c1ccccc1)N1CCCC[C@H]1CCN1CCCCC1. The maximum Gasteiger partial charge on any atom is 0.254 e. The number of likely N-dealkylation sites (tertiary alicyclic amines) is 2. The number of carbonyl (C=O) groups excluding carboxylic acids is 1. The van der Waals surface area contributed by atoms with Crippen molar-refractivity contribution in [3.05, 3.63) is 35.9 Å². The molecule has 0 aliphatic carbocycles. The van der Waals surface area contributed by atoms with E-state index in [2.05, 4.69) is 9.80 Å². The van der Waals surface area contributed by atoms with Crippen LogP contribution in [-0.2, 0) is 0 Å². The van der Waals surface area contributed by atoms with Gasteiger partial charge in [0.2, 0.25) is 0 Å². The molecule has 2 aliphatic heterocycles. The lowest BCUT2D eigenvalue weighted by Gasteiger charge is -2.37. The van der Waals surface area contributed by atoms with Crippen molar-refractivity contribution in [2.75, 3.05) is 26.2 Å². The second-order valence-electron chi connectivity index (χ2n) is 6.71. The van der Waals surface area contributed by atoms with Gasteiger partial charge in [-0.15, -0.1) is 0 Å². The summed E-state index contributed by atoms with van der Waals surface area (Å²) in [5.74, 6) is 0.226. The van der Waals surface area contributed by atoms with E-state index in [-0.39, 0.29) is 5.91 Å². The molecule has 0 bridgehead atoms. The molecule has 3 rings (SSSR count). The van der Waals surface area contributed by atoms with E-state index >= 15 is 0 Å². The molecule has 2 saturated heterocycles. The molecular weight excluding hydrogens is 272 g/mol. The van der Waals surface area contributed by atoms with Crippen molar-refractivity contribution in [1.82, 2.24) is 9.80 Å². The van der Waals surface area contributed by atoms with Crippen LogP contribution in [0.4, 0.5) is 0 Å². The van der Waals surface area contributed by atoms with Gasteiger partial charge in [-0.3, -0.25) is 4.79 Å². The molecule has 1 atom stereocenters. The molecule has 120 valence electrons. The van der Waals surface area contributed by atoms with Gasteiger partial charge in [0.25, 0.3) is 5.91 Å². The molecule has 2 heterocycles. The number of hydrogen-bond acceptors (Lipinski definition) is 2. The third-order valence-corrected chi connectivity index (χ3v) is 5.14. The topological polar surface area (TPSA) is 23.6 Å². The van der Waals surface area contributed by atoms with Crippen molar-refractivity contribution in [2.45, 2.75) is 51.0 Å². The number of piperidine rings is 2. The monoisotopic (exact) mass is 300 g/mol. The Balaban J connectivity index is 1.59. The summed E-state index contributed by atoms with van der Waals surface area (Å²) in [6.07, 6.45) is 8.81. The first-order valence-corrected chi connectivity index (χ1v) is 8.93. The minimum atomic E-state index is 0.226. The van der Waals surface area contributed by atoms with E-state index in [1.807, 2.05) is 30.3 Å². The van der Waals surface area contributed by atoms with E-state index in [9.17, 15) is 4.79 Å². The molecule has 0 radical (unpaired) electrons. The maximum absolute atomic E-state index is 12.8. The van der Waals surface area contributed by atoms with Gasteiger partial charge >= 0.3 is 0 Å². The van der Waals surface area contributed by atoms with Crippen molar-refractivity contribution >= 4 is 5.91 Å². The van der Waals surface area contributed by atoms with Crippen LogP contribution in [0.25, 0.3) is 0 Å². The minimum absolute atomic E-state index is 0.226. The average Bonchev–Trinajstić information content (AvgIpc) is 2.61. The zero-order valence-corrected chi connectivity index (χ0v) is 13.5. The molecule has 3 heteroatoms. The number of amides is 1. The Labute approximate surface area is 134 Å². The van der Waals surface area contributed by atoms with Crippen LogP contribution < -0.4 is 0 Å². The van der Waals surface area contributed by atoms with Crippen LogP contribution in [0.3, 0.4) is 0 Å². The molecule has 2 aliphatic rings. The average molecular weight is 300 g/mol. The lowest BCUT2D eigenvalue weighted by atomic mass is 9.97. The van der Waals surface area contributed by atoms with Gasteiger partial charge in [-0.2, -0.15) is 0 Å². The second kappa shape index (κ2) is 7.77. The number of benzene rings is 1. The number of nitrogens with zero attached hydrogens (tertiary/aromatic N) is 2. The fourth-order valence-electron chi connectivity index (χ4n) is 3.83. The van der Waals surface area contributed by atoms with E-state index in [0.29, 0.717) is 6.04 Å². The molecule has 0 saturated carbocycles. The van der Waals surface area contributed by atoms with Gasteiger partial charge in [0.05, 0.1) is 0 Å². The molecule has 22 heavy (non-hydrogen) atoms. The zero-order valence-electron chi connectivity index (χ0n) is 13.5. The van der Waals surface area contributed by atoms with E-state index in [1.165, 1.54) is 45.2 Å². The van der Waals surface area contributed by atoms with Crippen LogP contribution in [0.1, 0.15) is 55.3 Å². The Bertz CT molecular complexity index is 468. The van der Waals surface area contributed by atoms with Crippen LogP contribution in [0, 0.1) is 0 Å². The van der Waals surface area contributed by atoms with Gasteiger partial charge in [-0.25, -0.2) is 0 Å². The van der Waals surface area contributed by atoms with Crippen LogP contribution in [0.15, 0.2) is 30.3 Å². The summed E-state index contributed by atoms with van der Waals surface area (Å²) >= 11 is 0. The molecule has 3 nitrogen and oxygen atoms in total. The van der Waals surface area contributed by atoms with Gasteiger partial charge in [0.15, 0.2) is 0 Å². The van der Waals surface area contributed by atoms with Gasteiger partial charge in [0, 0.05) is 24.7 Å². The summed E-state index contributed by atoms with van der Waals surface area (Å²) in [5.41, 5.74) is 0.840. The normalized spacial score (nSPS) is 23.5. The molecule has 2 fully saturated rings. The Morgan fingerprint density at radius 3 is 2.45 bits per heavy atom. The Kier molecular flexibility index (Phi) is 5.49. The van der Waals surface area contributed by atoms with E-state index in [0.717, 1.165) is 31.5 Å². The highest BCUT2D eigenvalue weighted by Crippen LogP contribution is 2.23.